The molecule has 0 aliphatic carbocycles. The fraction of sp³-hybridized carbons (Fsp3) is 0.412. The second-order valence-electron chi connectivity index (χ2n) is 4.68. The van der Waals surface area contributed by atoms with Crippen molar-refractivity contribution in [2.24, 2.45) is 4.99 Å². The molecule has 0 aliphatic heterocycles. The van der Waals surface area contributed by atoms with Gasteiger partial charge in [-0.1, -0.05) is 12.0 Å². The number of terminal acetylenes is 1. The first-order valence-corrected chi connectivity index (χ1v) is 7.58. The van der Waals surface area contributed by atoms with Crippen LogP contribution in [0.4, 0.5) is 5.69 Å². The first-order valence-electron chi connectivity index (χ1n) is 7.58. The molecule has 0 spiro atoms. The summed E-state index contributed by atoms with van der Waals surface area (Å²) in [6.07, 6.45) is 6.21. The third-order valence-electron chi connectivity index (χ3n) is 2.92. The lowest BCUT2D eigenvalue weighted by Crippen LogP contribution is -2.41. The van der Waals surface area contributed by atoms with Gasteiger partial charge in [-0.15, -0.1) is 30.4 Å². The summed E-state index contributed by atoms with van der Waals surface area (Å²) in [6.45, 7) is 4.23. The third-order valence-corrected chi connectivity index (χ3v) is 2.92. The maximum atomic E-state index is 11.9. The summed E-state index contributed by atoms with van der Waals surface area (Å²) >= 11 is 0. The first-order chi connectivity index (χ1) is 11.2. The molecule has 24 heavy (non-hydrogen) atoms. The molecule has 132 valence electrons. The van der Waals surface area contributed by atoms with Crippen LogP contribution in [0.25, 0.3) is 0 Å². The zero-order valence-corrected chi connectivity index (χ0v) is 16.4. The number of anilines is 1. The van der Waals surface area contributed by atoms with Crippen LogP contribution in [0.15, 0.2) is 29.3 Å². The highest BCUT2D eigenvalue weighted by Gasteiger charge is 2.04. The number of aliphatic imine (C=N–C) groups is 1. The molecule has 0 saturated carbocycles. The van der Waals surface area contributed by atoms with Crippen LogP contribution in [0.2, 0.25) is 0 Å². The number of carbonyl (C=O) groups is 1. The normalized spacial score (nSPS) is 10.3. The first kappa shape index (κ1) is 22.2. The number of nitrogens with one attached hydrogen (secondary N) is 3. The van der Waals surface area contributed by atoms with Gasteiger partial charge in [0.05, 0.1) is 6.54 Å². The number of benzene rings is 1. The van der Waals surface area contributed by atoms with E-state index in [-0.39, 0.29) is 36.4 Å². The highest BCUT2D eigenvalue weighted by atomic mass is 127. The predicted octanol–water partition coefficient (Wildman–Crippen LogP) is 1.82. The van der Waals surface area contributed by atoms with Crippen molar-refractivity contribution < 1.29 is 9.53 Å². The molecule has 0 heterocycles. The Balaban J connectivity index is 0.00000529. The number of amides is 1. The number of guanidine groups is 1. The molecule has 3 N–H and O–H groups in total. The van der Waals surface area contributed by atoms with Crippen LogP contribution < -0.4 is 16.0 Å². The standard InChI is InChI=1S/C17H24N4O2.HI/c1-4-14-8-6-9-15(12-14)21-16(22)13-20-17(18-3)19-10-7-11-23-5-2;/h1,6,8-9,12H,5,7,10-11,13H2,2-3H3,(H,21,22)(H2,18,19,20);1H. The zero-order chi connectivity index (χ0) is 16.9. The minimum atomic E-state index is -0.170. The molecule has 0 saturated heterocycles. The van der Waals surface area contributed by atoms with E-state index in [0.717, 1.165) is 18.5 Å². The molecular formula is C17H25IN4O2. The molecule has 6 nitrogen and oxygen atoms in total. The van der Waals surface area contributed by atoms with Crippen LogP contribution in [-0.4, -0.2) is 45.2 Å². The zero-order valence-electron chi connectivity index (χ0n) is 14.1. The van der Waals surface area contributed by atoms with E-state index in [1.54, 1.807) is 25.2 Å². The van der Waals surface area contributed by atoms with E-state index in [4.69, 9.17) is 11.2 Å². The molecule has 0 radical (unpaired) electrons. The fourth-order valence-electron chi connectivity index (χ4n) is 1.80. The van der Waals surface area contributed by atoms with E-state index in [1.807, 2.05) is 13.0 Å². The van der Waals surface area contributed by atoms with Crippen LogP contribution in [0, 0.1) is 12.3 Å². The summed E-state index contributed by atoms with van der Waals surface area (Å²) in [7, 11) is 1.66. The molecular weight excluding hydrogens is 419 g/mol. The van der Waals surface area contributed by atoms with Gasteiger partial charge in [0, 0.05) is 38.1 Å². The summed E-state index contributed by atoms with van der Waals surface area (Å²) in [5.74, 6) is 2.94. The average molecular weight is 444 g/mol. The minimum Gasteiger partial charge on any atom is -0.382 e. The molecule has 1 rings (SSSR count). The molecule has 0 aromatic heterocycles. The second kappa shape index (κ2) is 13.6. The van der Waals surface area contributed by atoms with Gasteiger partial charge >= 0.3 is 0 Å². The largest absolute Gasteiger partial charge is 0.382 e. The Bertz CT molecular complexity index is 570. The summed E-state index contributed by atoms with van der Waals surface area (Å²) in [6, 6.07) is 7.15. The van der Waals surface area contributed by atoms with Crippen molar-refractivity contribution >= 4 is 41.5 Å². The van der Waals surface area contributed by atoms with Gasteiger partial charge in [0.2, 0.25) is 5.91 Å². The Morgan fingerprint density at radius 1 is 1.38 bits per heavy atom. The van der Waals surface area contributed by atoms with Gasteiger partial charge in [0.1, 0.15) is 0 Å². The van der Waals surface area contributed by atoms with E-state index in [9.17, 15) is 4.79 Å². The summed E-state index contributed by atoms with van der Waals surface area (Å²) in [5, 5.41) is 8.85. The number of carbonyl (C=O) groups excluding carboxylic acids is 1. The summed E-state index contributed by atoms with van der Waals surface area (Å²) in [4.78, 5) is 16.0. The smallest absolute Gasteiger partial charge is 0.243 e. The van der Waals surface area contributed by atoms with Gasteiger partial charge in [0.15, 0.2) is 5.96 Å². The Labute approximate surface area is 160 Å². The van der Waals surface area contributed by atoms with Gasteiger partial charge in [0.25, 0.3) is 0 Å². The lowest BCUT2D eigenvalue weighted by Gasteiger charge is -2.12. The number of nitrogens with zero attached hydrogens (tertiary/aromatic N) is 1. The van der Waals surface area contributed by atoms with Gasteiger partial charge < -0.3 is 20.7 Å². The van der Waals surface area contributed by atoms with Gasteiger partial charge in [-0.05, 0) is 31.5 Å². The van der Waals surface area contributed by atoms with Gasteiger partial charge in [-0.2, -0.15) is 0 Å². The van der Waals surface area contributed by atoms with Crippen LogP contribution in [-0.2, 0) is 9.53 Å². The lowest BCUT2D eigenvalue weighted by atomic mass is 10.2. The average Bonchev–Trinajstić information content (AvgIpc) is 2.57. The predicted molar refractivity (Wildman–Crippen MR) is 109 cm³/mol. The SMILES string of the molecule is C#Cc1cccc(NC(=O)CNC(=NC)NCCCOCC)c1.I. The van der Waals surface area contributed by atoms with Crippen molar-refractivity contribution in [2.75, 3.05) is 38.7 Å². The third kappa shape index (κ3) is 9.37. The molecule has 1 aromatic rings. The maximum Gasteiger partial charge on any atom is 0.243 e. The quantitative estimate of drug-likeness (QED) is 0.188. The van der Waals surface area contributed by atoms with Crippen molar-refractivity contribution in [1.82, 2.24) is 10.6 Å². The van der Waals surface area contributed by atoms with Crippen LogP contribution in [0.1, 0.15) is 18.9 Å². The topological polar surface area (TPSA) is 74.8 Å². The van der Waals surface area contributed by atoms with Gasteiger partial charge in [-0.3, -0.25) is 9.79 Å². The van der Waals surface area contributed by atoms with Crippen molar-refractivity contribution in [3.05, 3.63) is 29.8 Å². The van der Waals surface area contributed by atoms with E-state index < -0.39 is 0 Å². The Morgan fingerprint density at radius 2 is 2.17 bits per heavy atom. The fourth-order valence-corrected chi connectivity index (χ4v) is 1.80. The van der Waals surface area contributed by atoms with E-state index in [0.29, 0.717) is 24.9 Å². The number of hydrogen-bond acceptors (Lipinski definition) is 3. The Kier molecular flexibility index (Phi) is 12.6. The molecule has 1 amide bonds. The van der Waals surface area contributed by atoms with E-state index >= 15 is 0 Å². The molecule has 0 atom stereocenters. The van der Waals surface area contributed by atoms with E-state index in [1.165, 1.54) is 0 Å². The lowest BCUT2D eigenvalue weighted by molar-refractivity contribution is -0.115. The molecule has 0 bridgehead atoms. The minimum absolute atomic E-state index is 0. The number of halogens is 1. The number of rotatable bonds is 8. The summed E-state index contributed by atoms with van der Waals surface area (Å²) < 4.78 is 5.25. The van der Waals surface area contributed by atoms with Gasteiger partial charge in [-0.25, -0.2) is 0 Å². The van der Waals surface area contributed by atoms with Crippen molar-refractivity contribution in [3.8, 4) is 12.3 Å². The molecule has 0 fully saturated rings. The van der Waals surface area contributed by atoms with Crippen molar-refractivity contribution in [1.29, 1.82) is 0 Å². The summed E-state index contributed by atoms with van der Waals surface area (Å²) in [5.41, 5.74) is 1.40. The van der Waals surface area contributed by atoms with E-state index in [2.05, 4.69) is 26.9 Å². The highest BCUT2D eigenvalue weighted by Crippen LogP contribution is 2.09. The molecule has 7 heteroatoms. The number of hydrogen-bond donors (Lipinski definition) is 3. The number of ether oxygens (including phenoxy) is 1. The molecule has 0 aliphatic rings. The maximum absolute atomic E-state index is 11.9. The van der Waals surface area contributed by atoms with Crippen molar-refractivity contribution in [2.45, 2.75) is 13.3 Å². The molecule has 1 aromatic carbocycles. The Hall–Kier alpha value is -1.79. The molecule has 0 unspecified atom stereocenters. The monoisotopic (exact) mass is 444 g/mol. The van der Waals surface area contributed by atoms with Crippen molar-refractivity contribution in [3.63, 3.8) is 0 Å². The highest BCUT2D eigenvalue weighted by molar-refractivity contribution is 14.0. The second-order valence-corrected chi connectivity index (χ2v) is 4.68. The Morgan fingerprint density at radius 3 is 2.83 bits per heavy atom. The van der Waals surface area contributed by atoms with Crippen LogP contribution in [0.3, 0.4) is 0 Å². The van der Waals surface area contributed by atoms with Crippen LogP contribution >= 0.6 is 24.0 Å². The van der Waals surface area contributed by atoms with Crippen LogP contribution in [0.5, 0.6) is 0 Å².